The van der Waals surface area contributed by atoms with E-state index < -0.39 is 0 Å². The topological polar surface area (TPSA) is 35.0 Å². The van der Waals surface area contributed by atoms with Crippen molar-refractivity contribution in [2.24, 2.45) is 0 Å². The number of nitrogens with zero attached hydrogens (tertiary/aromatic N) is 2. The SMILES string of the molecule is COc1ccc(Br)c2nc(Cl)c(Cl)nc12. The van der Waals surface area contributed by atoms with Crippen molar-refractivity contribution in [2.45, 2.75) is 0 Å². The summed E-state index contributed by atoms with van der Waals surface area (Å²) in [5.41, 5.74) is 1.21. The summed E-state index contributed by atoms with van der Waals surface area (Å²) in [5, 5.41) is 0.346. The maximum Gasteiger partial charge on any atom is 0.167 e. The number of rotatable bonds is 1. The Morgan fingerprint density at radius 3 is 2.33 bits per heavy atom. The fraction of sp³-hybridized carbons (Fsp3) is 0.111. The molecule has 0 aliphatic carbocycles. The monoisotopic (exact) mass is 306 g/mol. The summed E-state index contributed by atoms with van der Waals surface area (Å²) in [6.45, 7) is 0. The van der Waals surface area contributed by atoms with Gasteiger partial charge in [-0.05, 0) is 28.1 Å². The molecule has 0 saturated heterocycles. The second-order valence-electron chi connectivity index (χ2n) is 2.75. The fourth-order valence-electron chi connectivity index (χ4n) is 1.20. The largest absolute Gasteiger partial charge is 0.494 e. The number of hydrogen-bond acceptors (Lipinski definition) is 3. The van der Waals surface area contributed by atoms with Gasteiger partial charge in [0.2, 0.25) is 0 Å². The first-order valence-corrected chi connectivity index (χ1v) is 5.53. The van der Waals surface area contributed by atoms with Crippen LogP contribution < -0.4 is 4.74 Å². The molecule has 1 heterocycles. The number of halogens is 3. The van der Waals surface area contributed by atoms with Crippen LogP contribution in [0.1, 0.15) is 0 Å². The second kappa shape index (κ2) is 4.12. The lowest BCUT2D eigenvalue weighted by Gasteiger charge is -2.06. The van der Waals surface area contributed by atoms with Gasteiger partial charge in [-0.1, -0.05) is 23.2 Å². The third-order valence-electron chi connectivity index (χ3n) is 1.88. The maximum absolute atomic E-state index is 5.79. The summed E-state index contributed by atoms with van der Waals surface area (Å²) >= 11 is 14.9. The molecule has 0 aliphatic heterocycles. The van der Waals surface area contributed by atoms with Gasteiger partial charge in [0.1, 0.15) is 16.8 Å². The van der Waals surface area contributed by atoms with Gasteiger partial charge in [-0.3, -0.25) is 0 Å². The molecule has 0 spiro atoms. The lowest BCUT2D eigenvalue weighted by molar-refractivity contribution is 0.418. The maximum atomic E-state index is 5.79. The molecule has 3 nitrogen and oxygen atoms in total. The average Bonchev–Trinajstić information content (AvgIpc) is 2.22. The van der Waals surface area contributed by atoms with Gasteiger partial charge in [0, 0.05) is 4.47 Å². The quantitative estimate of drug-likeness (QED) is 0.805. The summed E-state index contributed by atoms with van der Waals surface area (Å²) in [4.78, 5) is 8.25. The Labute approximate surface area is 105 Å². The molecule has 0 radical (unpaired) electrons. The van der Waals surface area contributed by atoms with E-state index in [0.717, 1.165) is 4.47 Å². The predicted molar refractivity (Wildman–Crippen MR) is 63.8 cm³/mol. The van der Waals surface area contributed by atoms with Crippen molar-refractivity contribution in [1.82, 2.24) is 9.97 Å². The van der Waals surface area contributed by atoms with E-state index >= 15 is 0 Å². The van der Waals surface area contributed by atoms with E-state index in [1.165, 1.54) is 0 Å². The highest BCUT2D eigenvalue weighted by Gasteiger charge is 2.11. The van der Waals surface area contributed by atoms with Crippen molar-refractivity contribution < 1.29 is 4.74 Å². The number of methoxy groups -OCH3 is 1. The first kappa shape index (κ1) is 10.9. The van der Waals surface area contributed by atoms with E-state index in [9.17, 15) is 0 Å². The van der Waals surface area contributed by atoms with Gasteiger partial charge in [0.15, 0.2) is 10.3 Å². The standard InChI is InChI=1S/C9H5BrCl2N2O/c1-15-5-3-2-4(10)6-7(5)14-9(12)8(11)13-6/h2-3H,1H3. The Bertz CT molecular complexity index is 533. The lowest BCUT2D eigenvalue weighted by atomic mass is 10.3. The molecular weight excluding hydrogens is 303 g/mol. The van der Waals surface area contributed by atoms with Crippen LogP contribution in [0.3, 0.4) is 0 Å². The van der Waals surface area contributed by atoms with Crippen molar-refractivity contribution in [3.05, 3.63) is 26.9 Å². The normalized spacial score (nSPS) is 10.7. The van der Waals surface area contributed by atoms with E-state index in [2.05, 4.69) is 25.9 Å². The zero-order chi connectivity index (χ0) is 11.0. The molecule has 15 heavy (non-hydrogen) atoms. The molecule has 0 fully saturated rings. The van der Waals surface area contributed by atoms with Crippen LogP contribution in [0.15, 0.2) is 16.6 Å². The molecule has 0 amide bonds. The number of ether oxygens (including phenoxy) is 1. The minimum absolute atomic E-state index is 0.167. The highest BCUT2D eigenvalue weighted by molar-refractivity contribution is 9.10. The van der Waals surface area contributed by atoms with Crippen LogP contribution in [-0.2, 0) is 0 Å². The smallest absolute Gasteiger partial charge is 0.167 e. The van der Waals surface area contributed by atoms with Gasteiger partial charge in [-0.15, -0.1) is 0 Å². The van der Waals surface area contributed by atoms with Crippen molar-refractivity contribution >= 4 is 50.2 Å². The zero-order valence-electron chi connectivity index (χ0n) is 7.59. The Hall–Kier alpha value is -0.580. The van der Waals surface area contributed by atoms with Gasteiger partial charge >= 0.3 is 0 Å². The summed E-state index contributed by atoms with van der Waals surface area (Å²) in [7, 11) is 1.56. The van der Waals surface area contributed by atoms with Crippen LogP contribution in [0.2, 0.25) is 10.3 Å². The van der Waals surface area contributed by atoms with E-state index in [4.69, 9.17) is 27.9 Å². The molecule has 0 unspecified atom stereocenters. The number of fused-ring (bicyclic) bond motifs is 1. The summed E-state index contributed by atoms with van der Waals surface area (Å²) in [6.07, 6.45) is 0. The van der Waals surface area contributed by atoms with Crippen LogP contribution >= 0.6 is 39.1 Å². The van der Waals surface area contributed by atoms with E-state index in [0.29, 0.717) is 16.8 Å². The van der Waals surface area contributed by atoms with Crippen molar-refractivity contribution in [3.63, 3.8) is 0 Å². The zero-order valence-corrected chi connectivity index (χ0v) is 10.7. The van der Waals surface area contributed by atoms with Crippen LogP contribution in [0, 0.1) is 0 Å². The molecule has 78 valence electrons. The van der Waals surface area contributed by atoms with Crippen LogP contribution in [0.25, 0.3) is 11.0 Å². The third-order valence-corrected chi connectivity index (χ3v) is 3.14. The first-order valence-electron chi connectivity index (χ1n) is 3.98. The Morgan fingerprint density at radius 1 is 1.13 bits per heavy atom. The summed E-state index contributed by atoms with van der Waals surface area (Å²) in [5.74, 6) is 0.610. The molecule has 0 saturated carbocycles. The van der Waals surface area contributed by atoms with Crippen molar-refractivity contribution in [3.8, 4) is 5.75 Å². The van der Waals surface area contributed by atoms with Gasteiger partial charge in [-0.2, -0.15) is 0 Å². The summed E-state index contributed by atoms with van der Waals surface area (Å²) < 4.78 is 5.95. The summed E-state index contributed by atoms with van der Waals surface area (Å²) in [6, 6.07) is 3.60. The van der Waals surface area contributed by atoms with Crippen molar-refractivity contribution in [1.29, 1.82) is 0 Å². The van der Waals surface area contributed by atoms with Crippen LogP contribution in [-0.4, -0.2) is 17.1 Å². The molecule has 1 aromatic heterocycles. The van der Waals surface area contributed by atoms with Crippen molar-refractivity contribution in [2.75, 3.05) is 7.11 Å². The van der Waals surface area contributed by atoms with E-state index in [1.54, 1.807) is 13.2 Å². The molecule has 2 aromatic rings. The second-order valence-corrected chi connectivity index (χ2v) is 4.32. The van der Waals surface area contributed by atoms with Crippen LogP contribution in [0.4, 0.5) is 0 Å². The molecule has 0 bridgehead atoms. The Kier molecular flexibility index (Phi) is 3.00. The fourth-order valence-corrected chi connectivity index (χ4v) is 1.87. The highest BCUT2D eigenvalue weighted by Crippen LogP contribution is 2.31. The molecule has 2 rings (SSSR count). The van der Waals surface area contributed by atoms with Gasteiger partial charge in [0.05, 0.1) is 7.11 Å². The van der Waals surface area contributed by atoms with Gasteiger partial charge < -0.3 is 4.74 Å². The molecule has 0 N–H and O–H groups in total. The highest BCUT2D eigenvalue weighted by atomic mass is 79.9. The lowest BCUT2D eigenvalue weighted by Crippen LogP contribution is -1.92. The van der Waals surface area contributed by atoms with E-state index in [-0.39, 0.29) is 10.3 Å². The molecule has 1 aromatic carbocycles. The number of benzene rings is 1. The average molecular weight is 308 g/mol. The minimum Gasteiger partial charge on any atom is -0.494 e. The third kappa shape index (κ3) is 1.89. The van der Waals surface area contributed by atoms with Gasteiger partial charge in [0.25, 0.3) is 0 Å². The van der Waals surface area contributed by atoms with Crippen LogP contribution in [0.5, 0.6) is 5.75 Å². The number of aromatic nitrogens is 2. The first-order chi connectivity index (χ1) is 7.13. The van der Waals surface area contributed by atoms with E-state index in [1.807, 2.05) is 6.07 Å². The number of hydrogen-bond donors (Lipinski definition) is 0. The minimum atomic E-state index is 0.167. The Balaban J connectivity index is 2.88. The molecule has 6 heteroatoms. The Morgan fingerprint density at radius 2 is 1.73 bits per heavy atom. The molecular formula is C9H5BrCl2N2O. The van der Waals surface area contributed by atoms with Gasteiger partial charge in [-0.25, -0.2) is 9.97 Å². The molecule has 0 aliphatic rings. The predicted octanol–water partition coefficient (Wildman–Crippen LogP) is 3.71. The molecule has 0 atom stereocenters.